The van der Waals surface area contributed by atoms with E-state index in [1.807, 2.05) is 34.8 Å². The van der Waals surface area contributed by atoms with Gasteiger partial charge in [0.2, 0.25) is 0 Å². The van der Waals surface area contributed by atoms with Gasteiger partial charge in [0.05, 0.1) is 32.3 Å². The molecule has 6 nitrogen and oxygen atoms in total. The van der Waals surface area contributed by atoms with E-state index in [1.165, 1.54) is 154 Å². The van der Waals surface area contributed by atoms with Gasteiger partial charge >= 0.3 is 5.97 Å². The molecule has 0 bridgehead atoms. The Balaban J connectivity index is 1.05. The molecule has 410 valence electrons. The summed E-state index contributed by atoms with van der Waals surface area (Å²) in [5, 5.41) is 0. The van der Waals surface area contributed by atoms with Crippen molar-refractivity contribution < 1.29 is 28.8 Å². The highest BCUT2D eigenvalue weighted by atomic mass is 32.1. The topological polar surface area (TPSA) is 63.2 Å². The van der Waals surface area contributed by atoms with Crippen LogP contribution in [0.4, 0.5) is 0 Å². The summed E-state index contributed by atoms with van der Waals surface area (Å²) in [6.45, 7) is 16.1. The summed E-state index contributed by atoms with van der Waals surface area (Å²) in [5.41, 5.74) is 10.9. The van der Waals surface area contributed by atoms with Gasteiger partial charge < -0.3 is 19.1 Å². The van der Waals surface area contributed by atoms with Gasteiger partial charge in [-0.3, -0.25) is 4.79 Å². The molecule has 7 rings (SSSR count). The summed E-state index contributed by atoms with van der Waals surface area (Å²) in [7, 11) is 0. The normalized spacial score (nSPS) is 12.8. The molecule has 0 fully saturated rings. The molecule has 0 N–H and O–H groups in total. The summed E-state index contributed by atoms with van der Waals surface area (Å²) >= 11 is 3.76. The molecule has 0 saturated heterocycles. The molecule has 0 spiro atoms. The molecule has 77 heavy (non-hydrogen) atoms. The fourth-order valence-corrected chi connectivity index (χ4v) is 12.5. The van der Waals surface area contributed by atoms with Crippen LogP contribution in [0.5, 0.6) is 11.5 Å². The number of ether oxygens (including phenoxy) is 3. The minimum absolute atomic E-state index is 0.0417. The molecule has 2 aromatic heterocycles. The third-order valence-corrected chi connectivity index (χ3v) is 17.4. The second kappa shape index (κ2) is 32.3. The first-order chi connectivity index (χ1) is 37.9. The number of unbranched alkanes of at least 4 members (excludes halogenated alkanes) is 14. The fraction of sp³-hybridized carbons (Fsp3) is 0.435. The van der Waals surface area contributed by atoms with Crippen LogP contribution in [0.25, 0.3) is 52.9 Å². The molecular weight excluding hydrogens is 989 g/mol. The minimum atomic E-state index is -0.267. The van der Waals surface area contributed by atoms with E-state index >= 15 is 0 Å². The Bertz CT molecular complexity index is 2710. The van der Waals surface area contributed by atoms with Crippen molar-refractivity contribution in [3.8, 4) is 64.4 Å². The Hall–Kier alpha value is -5.67. The molecule has 1 unspecified atom stereocenters. The number of carbonyl (C=O) groups excluding carboxylic acids is 1. The third-order valence-electron chi connectivity index (χ3n) is 15.0. The first-order valence-corrected chi connectivity index (χ1v) is 30.8. The zero-order chi connectivity index (χ0) is 53.9. The van der Waals surface area contributed by atoms with E-state index in [9.17, 15) is 4.79 Å². The molecule has 0 amide bonds. The lowest BCUT2D eigenvalue weighted by Gasteiger charge is -2.33. The predicted molar refractivity (Wildman–Crippen MR) is 326 cm³/mol. The van der Waals surface area contributed by atoms with Gasteiger partial charge in [0.25, 0.3) is 0 Å². The van der Waals surface area contributed by atoms with Crippen LogP contribution in [0, 0.1) is 5.92 Å². The van der Waals surface area contributed by atoms with Crippen molar-refractivity contribution in [2.75, 3.05) is 26.4 Å². The highest BCUT2D eigenvalue weighted by molar-refractivity contribution is 7.19. The highest BCUT2D eigenvalue weighted by Gasteiger charge is 2.43. The van der Waals surface area contributed by atoms with Crippen LogP contribution < -0.4 is 9.47 Å². The van der Waals surface area contributed by atoms with E-state index in [0.717, 1.165) is 56.4 Å². The van der Waals surface area contributed by atoms with E-state index in [1.54, 1.807) is 19.3 Å². The lowest BCUT2D eigenvalue weighted by molar-refractivity contribution is -0.249. The number of thiophene rings is 2. The van der Waals surface area contributed by atoms with E-state index in [0.29, 0.717) is 26.4 Å². The maximum Gasteiger partial charge on any atom is 0.312 e. The SMILES string of the molecule is C=CC/C=C/OOCCCCCOc1ccc(-c2ccc(-c3ccc4c(c3)C(CCCCCCCC)(CCCCCCCC)c3cc(-c5ccc(-c6ccc(OCCCCCOC(=O)C(C)C=C)cc6)s5)ccc3-4)s2)cc1. The average molecular weight is 1080 g/mol. The third kappa shape index (κ3) is 17.4. The van der Waals surface area contributed by atoms with Crippen molar-refractivity contribution in [2.24, 2.45) is 5.92 Å². The van der Waals surface area contributed by atoms with Gasteiger partial charge in [0.15, 0.2) is 0 Å². The van der Waals surface area contributed by atoms with Crippen LogP contribution in [-0.2, 0) is 24.7 Å². The zero-order valence-corrected chi connectivity index (χ0v) is 48.3. The second-order valence-electron chi connectivity index (χ2n) is 20.8. The Morgan fingerprint density at radius 2 is 0.948 bits per heavy atom. The molecule has 0 aliphatic heterocycles. The standard InChI is InChI=1S/C69H86O6S2/c1-6-10-13-15-17-21-44-69(45-22-18-16-14-11-7-2)62-51-56(66-42-40-64(76-66)54-28-34-58(35-29-54)71-46-24-19-26-48-73-68(70)53(5)9-4)32-38-60(62)61-39-33-57(52-63(61)69)67-43-41-65(77-67)55-30-36-59(37-31-55)72-47-25-20-27-50-75-74-49-23-12-8-3/h8-9,23,28-43,49,51-53H,3-4,6-7,10-22,24-27,44-48,50H2,1-2,5H3/b49-23+. The number of esters is 1. The number of hydrogen-bond donors (Lipinski definition) is 0. The summed E-state index contributed by atoms with van der Waals surface area (Å²) in [5.74, 6) is 1.30. The highest BCUT2D eigenvalue weighted by Crippen LogP contribution is 2.56. The number of fused-ring (bicyclic) bond motifs is 3. The van der Waals surface area contributed by atoms with Gasteiger partial charge in [0, 0.05) is 24.9 Å². The van der Waals surface area contributed by atoms with Crippen molar-refractivity contribution in [1.29, 1.82) is 0 Å². The quantitative estimate of drug-likeness (QED) is 0.00961. The van der Waals surface area contributed by atoms with Gasteiger partial charge in [-0.2, -0.15) is 4.89 Å². The molecule has 6 aromatic rings. The van der Waals surface area contributed by atoms with E-state index in [-0.39, 0.29) is 17.3 Å². The van der Waals surface area contributed by atoms with E-state index < -0.39 is 0 Å². The van der Waals surface area contributed by atoms with Crippen LogP contribution >= 0.6 is 22.7 Å². The molecule has 2 heterocycles. The van der Waals surface area contributed by atoms with Crippen LogP contribution in [0.2, 0.25) is 0 Å². The van der Waals surface area contributed by atoms with Gasteiger partial charge in [0.1, 0.15) is 17.8 Å². The lowest BCUT2D eigenvalue weighted by atomic mass is 9.70. The largest absolute Gasteiger partial charge is 0.494 e. The summed E-state index contributed by atoms with van der Waals surface area (Å²) in [6.07, 6.45) is 31.1. The number of rotatable bonds is 38. The Kier molecular flexibility index (Phi) is 24.7. The zero-order valence-electron chi connectivity index (χ0n) is 46.6. The van der Waals surface area contributed by atoms with E-state index in [4.69, 9.17) is 24.0 Å². The summed E-state index contributed by atoms with van der Waals surface area (Å²) < 4.78 is 17.6. The lowest BCUT2D eigenvalue weighted by Crippen LogP contribution is -2.25. The van der Waals surface area contributed by atoms with Crippen molar-refractivity contribution in [3.05, 3.63) is 158 Å². The Labute approximate surface area is 470 Å². The molecule has 1 aliphatic carbocycles. The first kappa shape index (κ1) is 59.0. The summed E-state index contributed by atoms with van der Waals surface area (Å²) in [6, 6.07) is 41.2. The Morgan fingerprint density at radius 1 is 0.519 bits per heavy atom. The number of hydrogen-bond acceptors (Lipinski definition) is 8. The van der Waals surface area contributed by atoms with Crippen LogP contribution in [0.15, 0.2) is 147 Å². The smallest absolute Gasteiger partial charge is 0.312 e. The second-order valence-corrected chi connectivity index (χ2v) is 23.0. The monoisotopic (exact) mass is 1070 g/mol. The van der Waals surface area contributed by atoms with Crippen LogP contribution in [-0.4, -0.2) is 32.4 Å². The molecular formula is C69H86O6S2. The maximum absolute atomic E-state index is 11.9. The molecule has 1 aliphatic rings. The number of benzene rings is 4. The molecule has 0 saturated carbocycles. The minimum Gasteiger partial charge on any atom is -0.494 e. The van der Waals surface area contributed by atoms with Crippen molar-refractivity contribution >= 4 is 28.6 Å². The van der Waals surface area contributed by atoms with E-state index in [2.05, 4.69) is 136 Å². The fourth-order valence-electron chi connectivity index (χ4n) is 10.5. The maximum atomic E-state index is 11.9. The van der Waals surface area contributed by atoms with Crippen LogP contribution in [0.3, 0.4) is 0 Å². The first-order valence-electron chi connectivity index (χ1n) is 29.2. The average Bonchev–Trinajstić information content (AvgIpc) is 4.30. The number of carbonyl (C=O) groups is 1. The Morgan fingerprint density at radius 3 is 1.43 bits per heavy atom. The molecule has 4 aromatic carbocycles. The number of allylic oxidation sites excluding steroid dienone is 2. The van der Waals surface area contributed by atoms with Gasteiger partial charge in [-0.15, -0.1) is 35.8 Å². The van der Waals surface area contributed by atoms with Gasteiger partial charge in [-0.1, -0.05) is 127 Å². The van der Waals surface area contributed by atoms with Crippen molar-refractivity contribution in [1.82, 2.24) is 0 Å². The summed E-state index contributed by atoms with van der Waals surface area (Å²) in [4.78, 5) is 27.3. The van der Waals surface area contributed by atoms with Crippen molar-refractivity contribution in [3.63, 3.8) is 0 Å². The molecule has 0 radical (unpaired) electrons. The van der Waals surface area contributed by atoms with Gasteiger partial charge in [-0.05, 0) is 200 Å². The van der Waals surface area contributed by atoms with Crippen LogP contribution in [0.1, 0.15) is 167 Å². The molecule has 8 heteroatoms. The molecule has 1 atom stereocenters. The van der Waals surface area contributed by atoms with Gasteiger partial charge in [-0.25, -0.2) is 0 Å². The van der Waals surface area contributed by atoms with Crippen molar-refractivity contribution in [2.45, 2.75) is 161 Å². The predicted octanol–water partition coefficient (Wildman–Crippen LogP) is 20.7.